The van der Waals surface area contributed by atoms with E-state index in [-0.39, 0.29) is 11.3 Å². The Balaban J connectivity index is 1.95. The van der Waals surface area contributed by atoms with Gasteiger partial charge in [0.25, 0.3) is 5.91 Å². The van der Waals surface area contributed by atoms with Gasteiger partial charge in [-0.3, -0.25) is 14.7 Å². The molecule has 0 saturated heterocycles. The van der Waals surface area contributed by atoms with Crippen molar-refractivity contribution in [2.24, 2.45) is 5.73 Å². The van der Waals surface area contributed by atoms with Crippen LogP contribution in [0.4, 0.5) is 13.2 Å². The van der Waals surface area contributed by atoms with Gasteiger partial charge >= 0.3 is 6.18 Å². The number of amides is 2. The summed E-state index contributed by atoms with van der Waals surface area (Å²) in [6.45, 7) is 2.42. The fourth-order valence-electron chi connectivity index (χ4n) is 2.98. The maximum atomic E-state index is 13.0. The highest BCUT2D eigenvalue weighted by molar-refractivity contribution is 5.99. The van der Waals surface area contributed by atoms with E-state index in [0.717, 1.165) is 30.4 Å². The quantitative estimate of drug-likeness (QED) is 0.637. The van der Waals surface area contributed by atoms with Gasteiger partial charge in [-0.15, -0.1) is 0 Å². The molecule has 1 aliphatic heterocycles. The number of hydrogen-bond acceptors (Lipinski definition) is 4. The molecule has 0 radical (unpaired) electrons. The van der Waals surface area contributed by atoms with Crippen LogP contribution in [0.2, 0.25) is 0 Å². The molecule has 1 aromatic carbocycles. The number of alkyl halides is 3. The van der Waals surface area contributed by atoms with Crippen molar-refractivity contribution in [3.8, 4) is 0 Å². The summed E-state index contributed by atoms with van der Waals surface area (Å²) in [5.74, 6) is -1.69. The van der Waals surface area contributed by atoms with Crippen molar-refractivity contribution in [3.63, 3.8) is 0 Å². The molecule has 2 heterocycles. The number of nitrogens with one attached hydrogen (secondary N) is 3. The van der Waals surface area contributed by atoms with Crippen LogP contribution in [-0.2, 0) is 29.5 Å². The third kappa shape index (κ3) is 3.52. The Bertz CT molecular complexity index is 893. The van der Waals surface area contributed by atoms with Crippen molar-refractivity contribution in [2.45, 2.75) is 31.6 Å². The van der Waals surface area contributed by atoms with Crippen molar-refractivity contribution in [3.05, 3.63) is 52.3 Å². The van der Waals surface area contributed by atoms with Crippen molar-refractivity contribution < 1.29 is 22.8 Å². The van der Waals surface area contributed by atoms with E-state index >= 15 is 0 Å². The topological polar surface area (TPSA) is 113 Å². The van der Waals surface area contributed by atoms with Crippen molar-refractivity contribution >= 4 is 11.8 Å². The van der Waals surface area contributed by atoms with Gasteiger partial charge in [-0.2, -0.15) is 18.3 Å². The number of nitrogens with two attached hydrogens (primary N) is 1. The Labute approximate surface area is 152 Å². The third-order valence-electron chi connectivity index (χ3n) is 4.64. The second kappa shape index (κ2) is 6.69. The first kappa shape index (κ1) is 18.9. The highest BCUT2D eigenvalue weighted by Gasteiger charge is 2.39. The van der Waals surface area contributed by atoms with Gasteiger partial charge in [-0.1, -0.05) is 12.1 Å². The molecule has 27 heavy (non-hydrogen) atoms. The normalized spacial score (nSPS) is 16.3. The van der Waals surface area contributed by atoms with E-state index in [4.69, 9.17) is 5.73 Å². The van der Waals surface area contributed by atoms with Crippen LogP contribution in [0.25, 0.3) is 0 Å². The van der Waals surface area contributed by atoms with Gasteiger partial charge in [-0.25, -0.2) is 0 Å². The Morgan fingerprint density at radius 2 is 1.96 bits per heavy atom. The maximum absolute atomic E-state index is 13.0. The first-order valence-electron chi connectivity index (χ1n) is 8.20. The molecule has 0 saturated carbocycles. The van der Waals surface area contributed by atoms with Crippen molar-refractivity contribution in [2.75, 3.05) is 6.54 Å². The number of aromatic amines is 1. The van der Waals surface area contributed by atoms with Crippen LogP contribution in [0.5, 0.6) is 0 Å². The van der Waals surface area contributed by atoms with E-state index in [9.17, 15) is 22.8 Å². The smallest absolute Gasteiger partial charge is 0.367 e. The summed E-state index contributed by atoms with van der Waals surface area (Å²) in [7, 11) is 0. The van der Waals surface area contributed by atoms with Crippen molar-refractivity contribution in [1.29, 1.82) is 0 Å². The monoisotopic (exact) mass is 381 g/mol. The van der Waals surface area contributed by atoms with Crippen LogP contribution in [0.1, 0.15) is 39.8 Å². The van der Waals surface area contributed by atoms with Gasteiger partial charge in [0.15, 0.2) is 5.69 Å². The minimum Gasteiger partial charge on any atom is -0.367 e. The molecule has 7 nitrogen and oxygen atoms in total. The second-order valence-corrected chi connectivity index (χ2v) is 6.48. The SMILES string of the molecule is CC(NC(=O)c1n[nH]c2c1CNCC2)(C(N)=O)c1cccc(C(F)(F)F)c1. The van der Waals surface area contributed by atoms with E-state index in [2.05, 4.69) is 20.8 Å². The second-order valence-electron chi connectivity index (χ2n) is 6.48. The molecule has 0 spiro atoms. The van der Waals surface area contributed by atoms with Gasteiger partial charge in [-0.05, 0) is 24.6 Å². The first-order valence-corrected chi connectivity index (χ1v) is 8.20. The molecular formula is C17H18F3N5O2. The number of halogens is 3. The number of fused-ring (bicyclic) bond motifs is 1. The molecule has 1 aliphatic rings. The number of nitrogens with zero attached hydrogens (tertiary/aromatic N) is 1. The van der Waals surface area contributed by atoms with E-state index in [0.29, 0.717) is 18.5 Å². The lowest BCUT2D eigenvalue weighted by Gasteiger charge is -2.28. The summed E-state index contributed by atoms with van der Waals surface area (Å²) in [4.78, 5) is 24.8. The molecule has 10 heteroatoms. The molecule has 2 aromatic rings. The number of carbonyl (C=O) groups is 2. The third-order valence-corrected chi connectivity index (χ3v) is 4.64. The number of hydrogen-bond donors (Lipinski definition) is 4. The summed E-state index contributed by atoms with van der Waals surface area (Å²) in [6.07, 6.45) is -3.93. The molecule has 0 bridgehead atoms. The van der Waals surface area contributed by atoms with E-state index in [1.54, 1.807) is 0 Å². The molecule has 1 atom stereocenters. The molecule has 2 amide bonds. The van der Waals surface area contributed by atoms with Crippen LogP contribution in [0.15, 0.2) is 24.3 Å². The fraction of sp³-hybridized carbons (Fsp3) is 0.353. The average molecular weight is 381 g/mol. The number of H-pyrrole nitrogens is 1. The van der Waals surface area contributed by atoms with Gasteiger partial charge in [0, 0.05) is 30.8 Å². The molecular weight excluding hydrogens is 363 g/mol. The molecule has 3 rings (SSSR count). The Morgan fingerprint density at radius 1 is 1.26 bits per heavy atom. The summed E-state index contributed by atoms with van der Waals surface area (Å²) in [5.41, 5.74) is 4.12. The largest absolute Gasteiger partial charge is 0.416 e. The zero-order valence-electron chi connectivity index (χ0n) is 14.4. The van der Waals surface area contributed by atoms with Gasteiger partial charge in [0.05, 0.1) is 5.56 Å². The van der Waals surface area contributed by atoms with Gasteiger partial charge in [0.1, 0.15) is 5.54 Å². The van der Waals surface area contributed by atoms with E-state index in [1.807, 2.05) is 0 Å². The number of aromatic nitrogens is 2. The predicted molar refractivity (Wildman–Crippen MR) is 89.5 cm³/mol. The number of carbonyl (C=O) groups excluding carboxylic acids is 2. The molecule has 5 N–H and O–H groups in total. The van der Waals surface area contributed by atoms with E-state index < -0.39 is 29.1 Å². The number of benzene rings is 1. The van der Waals surface area contributed by atoms with Crippen LogP contribution in [0, 0.1) is 0 Å². The number of primary amides is 1. The lowest BCUT2D eigenvalue weighted by atomic mass is 9.89. The molecule has 1 unspecified atom stereocenters. The Morgan fingerprint density at radius 3 is 2.63 bits per heavy atom. The highest BCUT2D eigenvalue weighted by Crippen LogP contribution is 2.32. The molecule has 1 aromatic heterocycles. The summed E-state index contributed by atoms with van der Waals surface area (Å²) < 4.78 is 39.0. The first-order chi connectivity index (χ1) is 12.6. The van der Waals surface area contributed by atoms with Crippen molar-refractivity contribution in [1.82, 2.24) is 20.8 Å². The van der Waals surface area contributed by atoms with Crippen LogP contribution in [-0.4, -0.2) is 28.6 Å². The predicted octanol–water partition coefficient (Wildman–Crippen LogP) is 1.20. The van der Waals surface area contributed by atoms with E-state index in [1.165, 1.54) is 13.0 Å². The minimum atomic E-state index is -4.59. The summed E-state index contributed by atoms with van der Waals surface area (Å²) in [6, 6.07) is 4.14. The highest BCUT2D eigenvalue weighted by atomic mass is 19.4. The van der Waals surface area contributed by atoms with Crippen LogP contribution >= 0.6 is 0 Å². The Hall–Kier alpha value is -2.88. The fourth-order valence-corrected chi connectivity index (χ4v) is 2.98. The van der Waals surface area contributed by atoms with Gasteiger partial charge < -0.3 is 16.4 Å². The average Bonchev–Trinajstić information content (AvgIpc) is 3.05. The van der Waals surface area contributed by atoms with Crippen LogP contribution < -0.4 is 16.4 Å². The zero-order valence-corrected chi connectivity index (χ0v) is 14.4. The maximum Gasteiger partial charge on any atom is 0.416 e. The van der Waals surface area contributed by atoms with Crippen LogP contribution in [0.3, 0.4) is 0 Å². The summed E-state index contributed by atoms with van der Waals surface area (Å²) in [5, 5.41) is 12.3. The molecule has 144 valence electrons. The number of rotatable bonds is 4. The molecule has 0 fully saturated rings. The standard InChI is InChI=1S/C17H18F3N5O2/c1-16(15(21)27,9-3-2-4-10(7-9)17(18,19)20)23-14(26)13-11-8-22-6-5-12(11)24-25-13/h2-4,7,22H,5-6,8H2,1H3,(H2,21,27)(H,23,26)(H,24,25). The minimum absolute atomic E-state index is 0.0688. The zero-order chi connectivity index (χ0) is 19.8. The lowest BCUT2D eigenvalue weighted by molar-refractivity contribution is -0.137. The van der Waals surface area contributed by atoms with Gasteiger partial charge in [0.2, 0.25) is 5.91 Å². The Kier molecular flexibility index (Phi) is 4.68. The molecule has 0 aliphatic carbocycles. The lowest BCUT2D eigenvalue weighted by Crippen LogP contribution is -2.53. The summed E-state index contributed by atoms with van der Waals surface area (Å²) >= 11 is 0.